The molecule has 1 aliphatic rings. The van der Waals surface area contributed by atoms with Crippen molar-refractivity contribution in [3.63, 3.8) is 0 Å². The molecule has 1 aromatic heterocycles. The summed E-state index contributed by atoms with van der Waals surface area (Å²) in [5.41, 5.74) is 8.45. The minimum Gasteiger partial charge on any atom is -0.366 e. The molecule has 102 valence electrons. The van der Waals surface area contributed by atoms with Crippen molar-refractivity contribution in [3.8, 4) is 6.07 Å². The first-order valence-corrected chi connectivity index (χ1v) is 6.82. The normalized spacial score (nSPS) is 17.8. The van der Waals surface area contributed by atoms with E-state index in [0.29, 0.717) is 17.9 Å². The fourth-order valence-electron chi connectivity index (χ4n) is 2.56. The number of hydrogen-bond donors (Lipinski definition) is 2. The van der Waals surface area contributed by atoms with E-state index < -0.39 is 0 Å². The average molecular weight is 259 g/mol. The van der Waals surface area contributed by atoms with E-state index in [4.69, 9.17) is 5.73 Å². The highest BCUT2D eigenvalue weighted by molar-refractivity contribution is 5.55. The van der Waals surface area contributed by atoms with Crippen LogP contribution in [0, 0.1) is 25.2 Å². The van der Waals surface area contributed by atoms with Gasteiger partial charge in [-0.2, -0.15) is 10.4 Å². The molecule has 1 fully saturated rings. The van der Waals surface area contributed by atoms with Crippen LogP contribution >= 0.6 is 0 Å². The Labute approximate surface area is 114 Å². The summed E-state index contributed by atoms with van der Waals surface area (Å²) in [4.78, 5) is 0. The number of hydrogen-bond acceptors (Lipinski definition) is 5. The molecule has 0 saturated heterocycles. The number of aryl methyl sites for hydroxylation is 1. The third kappa shape index (κ3) is 3.02. The van der Waals surface area contributed by atoms with Crippen molar-refractivity contribution in [1.82, 2.24) is 10.2 Å². The molecule has 0 aliphatic heterocycles. The van der Waals surface area contributed by atoms with E-state index in [2.05, 4.69) is 21.6 Å². The fraction of sp³-hybridized carbons (Fsp3) is 0.643. The van der Waals surface area contributed by atoms with E-state index in [0.717, 1.165) is 24.1 Å². The third-order valence-corrected chi connectivity index (χ3v) is 4.02. The van der Waals surface area contributed by atoms with Gasteiger partial charge in [0.2, 0.25) is 0 Å². The van der Waals surface area contributed by atoms with Crippen LogP contribution in [0.2, 0.25) is 0 Å². The topological polar surface area (TPSA) is 87.6 Å². The number of nitrogens with one attached hydrogen (secondary N) is 1. The van der Waals surface area contributed by atoms with Gasteiger partial charge in [-0.3, -0.25) is 0 Å². The number of nitrogens with two attached hydrogens (primary N) is 1. The summed E-state index contributed by atoms with van der Waals surface area (Å²) in [6, 6.07) is 2.20. The molecule has 1 aromatic rings. The molecule has 1 aliphatic carbocycles. The second kappa shape index (κ2) is 5.54. The Bertz CT molecular complexity index is 497. The van der Waals surface area contributed by atoms with Crippen LogP contribution in [0.15, 0.2) is 0 Å². The Morgan fingerprint density at radius 3 is 2.58 bits per heavy atom. The molecule has 3 N–H and O–H groups in total. The van der Waals surface area contributed by atoms with Crippen LogP contribution in [0.5, 0.6) is 0 Å². The highest BCUT2D eigenvalue weighted by atomic mass is 15.2. The standard InChI is InChI=1S/C14H21N5/c1-10-11(2)18-19-13(12(10)8-15)17-9-14(16)6-4-3-5-7-14/h3-7,9,16H2,1-2H3,(H,17,19). The van der Waals surface area contributed by atoms with Gasteiger partial charge < -0.3 is 11.1 Å². The predicted octanol–water partition coefficient (Wildman–Crippen LogP) is 2.04. The van der Waals surface area contributed by atoms with E-state index in [9.17, 15) is 5.26 Å². The maximum Gasteiger partial charge on any atom is 0.166 e. The Kier molecular flexibility index (Phi) is 4.01. The molecule has 5 heteroatoms. The molecule has 1 heterocycles. The van der Waals surface area contributed by atoms with Gasteiger partial charge in [-0.25, -0.2) is 0 Å². The zero-order valence-electron chi connectivity index (χ0n) is 11.7. The van der Waals surface area contributed by atoms with Crippen molar-refractivity contribution in [2.75, 3.05) is 11.9 Å². The molecule has 0 radical (unpaired) electrons. The number of nitriles is 1. The lowest BCUT2D eigenvalue weighted by Crippen LogP contribution is -2.47. The Hall–Kier alpha value is -1.67. The van der Waals surface area contributed by atoms with E-state index in [1.165, 1.54) is 19.3 Å². The third-order valence-electron chi connectivity index (χ3n) is 4.02. The highest BCUT2D eigenvalue weighted by Gasteiger charge is 2.27. The lowest BCUT2D eigenvalue weighted by molar-refractivity contribution is 0.311. The maximum absolute atomic E-state index is 9.24. The van der Waals surface area contributed by atoms with Crippen LogP contribution in [-0.4, -0.2) is 22.3 Å². The van der Waals surface area contributed by atoms with Crippen LogP contribution in [0.4, 0.5) is 5.82 Å². The first-order chi connectivity index (χ1) is 9.06. The summed E-state index contributed by atoms with van der Waals surface area (Å²) in [6.07, 6.45) is 5.69. The number of nitrogens with zero attached hydrogens (tertiary/aromatic N) is 3. The molecule has 0 atom stereocenters. The molecule has 5 nitrogen and oxygen atoms in total. The molecule has 2 rings (SSSR count). The summed E-state index contributed by atoms with van der Waals surface area (Å²) < 4.78 is 0. The number of aromatic nitrogens is 2. The van der Waals surface area contributed by atoms with Gasteiger partial charge in [0, 0.05) is 12.1 Å². The van der Waals surface area contributed by atoms with Gasteiger partial charge in [0.05, 0.1) is 5.69 Å². The van der Waals surface area contributed by atoms with Crippen molar-refractivity contribution in [1.29, 1.82) is 5.26 Å². The van der Waals surface area contributed by atoms with Gasteiger partial charge in [0.15, 0.2) is 5.82 Å². The van der Waals surface area contributed by atoms with Crippen LogP contribution < -0.4 is 11.1 Å². The molecular weight excluding hydrogens is 238 g/mol. The van der Waals surface area contributed by atoms with Gasteiger partial charge in [-0.05, 0) is 32.3 Å². The van der Waals surface area contributed by atoms with E-state index in [1.807, 2.05) is 13.8 Å². The quantitative estimate of drug-likeness (QED) is 0.867. The predicted molar refractivity (Wildman–Crippen MR) is 74.7 cm³/mol. The highest BCUT2D eigenvalue weighted by Crippen LogP contribution is 2.26. The van der Waals surface area contributed by atoms with Gasteiger partial charge in [-0.1, -0.05) is 19.3 Å². The SMILES string of the molecule is Cc1nnc(NCC2(N)CCCCC2)c(C#N)c1C. The van der Waals surface area contributed by atoms with Gasteiger partial charge in [0.25, 0.3) is 0 Å². The second-order valence-corrected chi connectivity index (χ2v) is 5.52. The van der Waals surface area contributed by atoms with E-state index in [-0.39, 0.29) is 5.54 Å². The van der Waals surface area contributed by atoms with Gasteiger partial charge in [0.1, 0.15) is 11.6 Å². The molecule has 0 bridgehead atoms. The van der Waals surface area contributed by atoms with Crippen LogP contribution in [-0.2, 0) is 0 Å². The van der Waals surface area contributed by atoms with Crippen molar-refractivity contribution < 1.29 is 0 Å². The lowest BCUT2D eigenvalue weighted by Gasteiger charge is -2.33. The van der Waals surface area contributed by atoms with Crippen molar-refractivity contribution in [2.24, 2.45) is 5.73 Å². The molecule has 0 spiro atoms. The van der Waals surface area contributed by atoms with Crippen LogP contribution in [0.3, 0.4) is 0 Å². The summed E-state index contributed by atoms with van der Waals surface area (Å²) in [6.45, 7) is 4.41. The summed E-state index contributed by atoms with van der Waals surface area (Å²) in [7, 11) is 0. The Morgan fingerprint density at radius 1 is 1.26 bits per heavy atom. The lowest BCUT2D eigenvalue weighted by atomic mass is 9.82. The van der Waals surface area contributed by atoms with Gasteiger partial charge >= 0.3 is 0 Å². The first kappa shape index (κ1) is 13.8. The van der Waals surface area contributed by atoms with Crippen molar-refractivity contribution >= 4 is 5.82 Å². The minimum atomic E-state index is -0.175. The van der Waals surface area contributed by atoms with Crippen LogP contribution in [0.1, 0.15) is 48.9 Å². The largest absolute Gasteiger partial charge is 0.366 e. The Morgan fingerprint density at radius 2 is 1.95 bits per heavy atom. The summed E-state index contributed by atoms with van der Waals surface area (Å²) in [5.74, 6) is 0.556. The molecule has 0 aromatic carbocycles. The first-order valence-electron chi connectivity index (χ1n) is 6.82. The number of anilines is 1. The van der Waals surface area contributed by atoms with Crippen molar-refractivity contribution in [3.05, 3.63) is 16.8 Å². The molecule has 1 saturated carbocycles. The fourth-order valence-corrected chi connectivity index (χ4v) is 2.56. The maximum atomic E-state index is 9.24. The second-order valence-electron chi connectivity index (χ2n) is 5.52. The van der Waals surface area contributed by atoms with E-state index >= 15 is 0 Å². The smallest absolute Gasteiger partial charge is 0.166 e. The summed E-state index contributed by atoms with van der Waals surface area (Å²) >= 11 is 0. The monoisotopic (exact) mass is 259 g/mol. The number of rotatable bonds is 3. The minimum absolute atomic E-state index is 0.175. The van der Waals surface area contributed by atoms with E-state index in [1.54, 1.807) is 0 Å². The molecular formula is C14H21N5. The Balaban J connectivity index is 2.12. The zero-order chi connectivity index (χ0) is 13.9. The van der Waals surface area contributed by atoms with Crippen molar-refractivity contribution in [2.45, 2.75) is 51.5 Å². The molecule has 0 amide bonds. The summed E-state index contributed by atoms with van der Waals surface area (Å²) in [5, 5.41) is 20.6. The molecule has 0 unspecified atom stereocenters. The van der Waals surface area contributed by atoms with Crippen LogP contribution in [0.25, 0.3) is 0 Å². The average Bonchev–Trinajstić information content (AvgIpc) is 2.41. The van der Waals surface area contributed by atoms with Gasteiger partial charge in [-0.15, -0.1) is 5.10 Å². The zero-order valence-corrected chi connectivity index (χ0v) is 11.7. The molecule has 19 heavy (non-hydrogen) atoms.